The van der Waals surface area contributed by atoms with E-state index in [1.165, 1.54) is 30.0 Å². The van der Waals surface area contributed by atoms with Gasteiger partial charge in [0.2, 0.25) is 5.95 Å². The van der Waals surface area contributed by atoms with Crippen molar-refractivity contribution in [2.45, 2.75) is 20.6 Å². The zero-order chi connectivity index (χ0) is 14.0. The number of aryl methyl sites for hydroxylation is 1. The summed E-state index contributed by atoms with van der Waals surface area (Å²) in [6.45, 7) is 1.52. The average molecular weight is 316 g/mol. The molecule has 0 spiro atoms. The van der Waals surface area contributed by atoms with Gasteiger partial charge in [0.25, 0.3) is 0 Å². The highest BCUT2D eigenvalue weighted by molar-refractivity contribution is 8.03. The lowest BCUT2D eigenvalue weighted by molar-refractivity contribution is -0.389. The van der Waals surface area contributed by atoms with Crippen molar-refractivity contribution in [3.05, 3.63) is 15.8 Å². The predicted octanol–water partition coefficient (Wildman–Crippen LogP) is 2.00. The Morgan fingerprint density at radius 2 is 2.00 bits per heavy atom. The van der Waals surface area contributed by atoms with Crippen molar-refractivity contribution in [3.63, 3.8) is 0 Å². The normalized spacial score (nSPS) is 10.6. The van der Waals surface area contributed by atoms with Crippen LogP contribution in [0.4, 0.5) is 11.6 Å². The summed E-state index contributed by atoms with van der Waals surface area (Å²) in [4.78, 5) is 18.2. The van der Waals surface area contributed by atoms with Crippen molar-refractivity contribution in [2.75, 3.05) is 12.0 Å². The van der Waals surface area contributed by atoms with Crippen LogP contribution >= 0.6 is 34.9 Å². The second-order valence-electron chi connectivity index (χ2n) is 3.22. The smallest absolute Gasteiger partial charge is 0.322 e. The summed E-state index contributed by atoms with van der Waals surface area (Å²) < 4.78 is 1.36. The minimum absolute atomic E-state index is 0.000190. The quantitative estimate of drug-likeness (QED) is 0.390. The predicted molar refractivity (Wildman–Crippen MR) is 73.6 cm³/mol. The molecule has 0 amide bonds. The maximum atomic E-state index is 11.0. The summed E-state index contributed by atoms with van der Waals surface area (Å²) in [6, 6.07) is 0. The van der Waals surface area contributed by atoms with E-state index < -0.39 is 4.92 Å². The van der Waals surface area contributed by atoms with Crippen molar-refractivity contribution in [2.24, 2.45) is 0 Å². The van der Waals surface area contributed by atoms with Crippen molar-refractivity contribution >= 4 is 46.5 Å². The zero-order valence-corrected chi connectivity index (χ0v) is 12.3. The average Bonchev–Trinajstić information content (AvgIpc) is 2.75. The van der Waals surface area contributed by atoms with E-state index in [1.54, 1.807) is 0 Å². The van der Waals surface area contributed by atoms with Crippen molar-refractivity contribution in [1.29, 1.82) is 0 Å². The van der Waals surface area contributed by atoms with Gasteiger partial charge < -0.3 is 5.73 Å². The number of hydrogen-bond donors (Lipinski definition) is 1. The van der Waals surface area contributed by atoms with Crippen LogP contribution in [0.2, 0.25) is 0 Å². The number of nitrogens with two attached hydrogens (primary N) is 1. The highest BCUT2D eigenvalue weighted by Crippen LogP contribution is 2.37. The number of anilines is 1. The molecule has 0 unspecified atom stereocenters. The molecule has 0 saturated heterocycles. The van der Waals surface area contributed by atoms with Gasteiger partial charge >= 0.3 is 5.69 Å². The molecular weight excluding hydrogens is 308 g/mol. The van der Waals surface area contributed by atoms with Crippen LogP contribution in [-0.4, -0.2) is 31.3 Å². The first-order valence-corrected chi connectivity index (χ1v) is 7.71. The van der Waals surface area contributed by atoms with Crippen LogP contribution < -0.4 is 5.73 Å². The third kappa shape index (κ3) is 3.11. The topological polar surface area (TPSA) is 121 Å². The summed E-state index contributed by atoms with van der Waals surface area (Å²) in [7, 11) is 0. The Balaban J connectivity index is 2.40. The molecule has 2 aromatic rings. The Morgan fingerprint density at radius 3 is 2.58 bits per heavy atom. The van der Waals surface area contributed by atoms with E-state index in [4.69, 9.17) is 5.73 Å². The molecule has 100 valence electrons. The molecule has 2 N–H and O–H groups in total. The van der Waals surface area contributed by atoms with E-state index in [2.05, 4.69) is 20.2 Å². The molecule has 0 atom stereocenters. The molecule has 19 heavy (non-hydrogen) atoms. The van der Waals surface area contributed by atoms with Crippen LogP contribution in [0, 0.1) is 17.0 Å². The van der Waals surface area contributed by atoms with Crippen LogP contribution in [0.3, 0.4) is 0 Å². The largest absolute Gasteiger partial charge is 0.368 e. The Hall–Kier alpha value is -1.46. The molecule has 2 aromatic heterocycles. The highest BCUT2D eigenvalue weighted by atomic mass is 32.2. The van der Waals surface area contributed by atoms with Crippen LogP contribution in [0.15, 0.2) is 13.7 Å². The van der Waals surface area contributed by atoms with Gasteiger partial charge in [0.1, 0.15) is 5.69 Å². The molecule has 2 rings (SSSR count). The molecule has 0 saturated carbocycles. The highest BCUT2D eigenvalue weighted by Gasteiger charge is 2.23. The maximum absolute atomic E-state index is 11.0. The minimum atomic E-state index is -0.520. The monoisotopic (exact) mass is 316 g/mol. The van der Waals surface area contributed by atoms with Crippen molar-refractivity contribution in [1.82, 2.24) is 20.2 Å². The van der Waals surface area contributed by atoms with Crippen molar-refractivity contribution < 1.29 is 4.92 Å². The number of nitrogens with zero attached hydrogens (tertiary/aromatic N) is 5. The molecule has 2 heterocycles. The lowest BCUT2D eigenvalue weighted by Gasteiger charge is -2.02. The minimum Gasteiger partial charge on any atom is -0.368 e. The first kappa shape index (κ1) is 14.0. The van der Waals surface area contributed by atoms with Gasteiger partial charge in [-0.3, -0.25) is 10.1 Å². The molecular formula is C8H8N6O2S3. The number of hydrogen-bond acceptors (Lipinski definition) is 10. The fourth-order valence-corrected chi connectivity index (χ4v) is 3.76. The molecule has 0 bridgehead atoms. The molecule has 0 radical (unpaired) electrons. The Bertz CT molecular complexity index is 631. The third-order valence-corrected chi connectivity index (χ3v) is 4.90. The summed E-state index contributed by atoms with van der Waals surface area (Å²) in [5, 5.41) is 19.1. The zero-order valence-electron chi connectivity index (χ0n) is 9.85. The molecule has 0 aromatic carbocycles. The van der Waals surface area contributed by atoms with Gasteiger partial charge in [0.05, 0.1) is 4.92 Å². The fourth-order valence-electron chi connectivity index (χ4n) is 1.25. The van der Waals surface area contributed by atoms with E-state index in [-0.39, 0.29) is 22.4 Å². The van der Waals surface area contributed by atoms with E-state index >= 15 is 0 Å². The number of aromatic nitrogens is 4. The standard InChI is InChI=1S/C8H8N6O2S3/c1-3-4(14(15)16)5(11-6(9)10-3)18-8-13-12-7(17-2)19-8/h1-2H3,(H2,9,10,11). The summed E-state index contributed by atoms with van der Waals surface area (Å²) in [5.74, 6) is 0.000190. The molecule has 11 heteroatoms. The van der Waals surface area contributed by atoms with Crippen LogP contribution in [0.5, 0.6) is 0 Å². The van der Waals surface area contributed by atoms with E-state index in [0.717, 1.165) is 16.1 Å². The van der Waals surface area contributed by atoms with Gasteiger partial charge in [-0.25, -0.2) is 4.98 Å². The number of nitrogen functional groups attached to an aromatic ring is 1. The first-order valence-electron chi connectivity index (χ1n) is 4.85. The van der Waals surface area contributed by atoms with Gasteiger partial charge in [0.15, 0.2) is 13.7 Å². The van der Waals surface area contributed by atoms with Gasteiger partial charge in [-0.2, -0.15) is 4.98 Å². The third-order valence-electron chi connectivity index (χ3n) is 1.97. The SMILES string of the molecule is CSc1nnc(Sc2nc(N)nc(C)c2[N+](=O)[O-])s1. The first-order chi connectivity index (χ1) is 9.01. The van der Waals surface area contributed by atoms with Crippen molar-refractivity contribution in [3.8, 4) is 0 Å². The van der Waals surface area contributed by atoms with E-state index in [0.29, 0.717) is 4.34 Å². The van der Waals surface area contributed by atoms with Gasteiger partial charge in [0, 0.05) is 0 Å². The van der Waals surface area contributed by atoms with E-state index in [9.17, 15) is 10.1 Å². The second-order valence-corrected chi connectivity index (χ2v) is 6.48. The fraction of sp³-hybridized carbons (Fsp3) is 0.250. The van der Waals surface area contributed by atoms with Crippen LogP contribution in [-0.2, 0) is 0 Å². The molecule has 0 fully saturated rings. The second kappa shape index (κ2) is 5.67. The summed E-state index contributed by atoms with van der Waals surface area (Å²) in [5.41, 5.74) is 5.60. The summed E-state index contributed by atoms with van der Waals surface area (Å²) in [6.07, 6.45) is 1.88. The number of rotatable bonds is 4. The lowest BCUT2D eigenvalue weighted by atomic mass is 10.4. The van der Waals surface area contributed by atoms with Gasteiger partial charge in [-0.05, 0) is 24.9 Å². The molecule has 8 nitrogen and oxygen atoms in total. The van der Waals surface area contributed by atoms with Gasteiger partial charge in [-0.15, -0.1) is 10.2 Å². The Kier molecular flexibility index (Phi) is 4.17. The van der Waals surface area contributed by atoms with E-state index in [1.807, 2.05) is 6.26 Å². The molecule has 0 aliphatic rings. The Morgan fingerprint density at radius 1 is 1.32 bits per heavy atom. The Labute approximate surface area is 120 Å². The molecule has 0 aliphatic heterocycles. The maximum Gasteiger partial charge on any atom is 0.322 e. The molecule has 0 aliphatic carbocycles. The van der Waals surface area contributed by atoms with Crippen LogP contribution in [0.25, 0.3) is 0 Å². The lowest BCUT2D eigenvalue weighted by Crippen LogP contribution is -2.03. The van der Waals surface area contributed by atoms with Gasteiger partial charge in [-0.1, -0.05) is 23.1 Å². The number of thioether (sulfide) groups is 1. The summed E-state index contributed by atoms with van der Waals surface area (Å²) >= 11 is 3.86. The van der Waals surface area contributed by atoms with Crippen LogP contribution in [0.1, 0.15) is 5.69 Å². The number of nitro groups is 1.